The molecular weight excluding hydrogens is 473 g/mol. The molecule has 0 aliphatic carbocycles. The van der Waals surface area contributed by atoms with Crippen LogP contribution in [-0.2, 0) is 17.5 Å². The zero-order chi connectivity index (χ0) is 23.6. The fourth-order valence-electron chi connectivity index (χ4n) is 3.50. The average molecular weight is 491 g/mol. The lowest BCUT2D eigenvalue weighted by molar-refractivity contribution is -0.137. The Morgan fingerprint density at radius 2 is 1.76 bits per heavy atom. The highest BCUT2D eigenvalue weighted by Gasteiger charge is 2.34. The molecule has 9 heteroatoms. The second-order valence-corrected chi connectivity index (χ2v) is 8.91. The summed E-state index contributed by atoms with van der Waals surface area (Å²) in [5.41, 5.74) is 1.15. The number of nitrogens with one attached hydrogen (secondary N) is 1. The van der Waals surface area contributed by atoms with Gasteiger partial charge in [0.05, 0.1) is 16.3 Å². The SMILES string of the molecule is O=C(Nc1ccc(Cl)c(C(F)(F)F)c1)c1ccc([C@@H]2SCC(=O)N2Cc2ccccc2)cc1. The maximum atomic E-state index is 13.1. The van der Waals surface area contributed by atoms with Crippen molar-refractivity contribution in [3.05, 3.63) is 100 Å². The molecule has 1 aliphatic rings. The Labute approximate surface area is 197 Å². The summed E-state index contributed by atoms with van der Waals surface area (Å²) in [6.07, 6.45) is -4.62. The van der Waals surface area contributed by atoms with E-state index < -0.39 is 22.7 Å². The molecule has 1 fully saturated rings. The molecule has 0 bridgehead atoms. The van der Waals surface area contributed by atoms with Crippen molar-refractivity contribution in [3.63, 3.8) is 0 Å². The van der Waals surface area contributed by atoms with Crippen LogP contribution in [0.25, 0.3) is 0 Å². The number of benzene rings is 3. The standard InChI is InChI=1S/C24H18ClF3N2O2S/c25-20-11-10-18(12-19(20)24(26,27)28)29-22(32)16-6-8-17(9-7-16)23-30(21(31)14-33-23)13-15-4-2-1-3-5-15/h1-12,23H,13-14H2,(H,29,32)/t23-/m0/s1. The Bertz CT molecular complexity index is 1170. The zero-order valence-electron chi connectivity index (χ0n) is 17.1. The van der Waals surface area contributed by atoms with Gasteiger partial charge in [-0.3, -0.25) is 9.59 Å². The van der Waals surface area contributed by atoms with E-state index in [0.717, 1.165) is 23.3 Å². The number of carbonyl (C=O) groups excluding carboxylic acids is 2. The van der Waals surface area contributed by atoms with Gasteiger partial charge >= 0.3 is 6.18 Å². The quantitative estimate of drug-likeness (QED) is 0.451. The fraction of sp³-hybridized carbons (Fsp3) is 0.167. The highest BCUT2D eigenvalue weighted by atomic mass is 35.5. The summed E-state index contributed by atoms with van der Waals surface area (Å²) in [6.45, 7) is 0.484. The Balaban J connectivity index is 1.48. The van der Waals surface area contributed by atoms with Crippen LogP contribution in [0.3, 0.4) is 0 Å². The normalized spacial score (nSPS) is 16.2. The number of hydrogen-bond acceptors (Lipinski definition) is 3. The van der Waals surface area contributed by atoms with Crippen LogP contribution in [0.15, 0.2) is 72.8 Å². The van der Waals surface area contributed by atoms with E-state index in [-0.39, 0.29) is 22.5 Å². The number of amides is 2. The molecule has 0 saturated carbocycles. The lowest BCUT2D eigenvalue weighted by atomic mass is 10.1. The summed E-state index contributed by atoms with van der Waals surface area (Å²) in [7, 11) is 0. The van der Waals surface area contributed by atoms with E-state index in [1.807, 2.05) is 30.3 Å². The number of anilines is 1. The van der Waals surface area contributed by atoms with Crippen molar-refractivity contribution in [2.75, 3.05) is 11.1 Å². The molecule has 4 rings (SSSR count). The molecule has 3 aromatic carbocycles. The number of halogens is 4. The Morgan fingerprint density at radius 1 is 1.06 bits per heavy atom. The van der Waals surface area contributed by atoms with Gasteiger partial charge in [0.25, 0.3) is 5.91 Å². The van der Waals surface area contributed by atoms with Gasteiger partial charge in [-0.15, -0.1) is 11.8 Å². The molecule has 1 N–H and O–H groups in total. The smallest absolute Gasteiger partial charge is 0.322 e. The Kier molecular flexibility index (Phi) is 6.67. The van der Waals surface area contributed by atoms with Crippen LogP contribution in [-0.4, -0.2) is 22.5 Å². The summed E-state index contributed by atoms with van der Waals surface area (Å²) >= 11 is 7.13. The molecule has 3 aromatic rings. The number of alkyl halides is 3. The highest BCUT2D eigenvalue weighted by Crippen LogP contribution is 2.40. The molecule has 0 unspecified atom stereocenters. The second kappa shape index (κ2) is 9.49. The van der Waals surface area contributed by atoms with E-state index in [1.165, 1.54) is 17.8 Å². The molecule has 1 heterocycles. The van der Waals surface area contributed by atoms with Crippen LogP contribution < -0.4 is 5.32 Å². The van der Waals surface area contributed by atoms with Crippen molar-refractivity contribution >= 4 is 40.9 Å². The minimum Gasteiger partial charge on any atom is -0.322 e. The van der Waals surface area contributed by atoms with E-state index in [1.54, 1.807) is 29.2 Å². The van der Waals surface area contributed by atoms with Gasteiger partial charge in [0, 0.05) is 17.8 Å². The molecule has 170 valence electrons. The van der Waals surface area contributed by atoms with Gasteiger partial charge in [-0.1, -0.05) is 54.1 Å². The number of rotatable bonds is 5. The largest absolute Gasteiger partial charge is 0.417 e. The number of thioether (sulfide) groups is 1. The first-order valence-electron chi connectivity index (χ1n) is 9.95. The lowest BCUT2D eigenvalue weighted by Gasteiger charge is -2.24. The summed E-state index contributed by atoms with van der Waals surface area (Å²) < 4.78 is 39.2. The Hall–Kier alpha value is -2.97. The van der Waals surface area contributed by atoms with Crippen molar-refractivity contribution in [3.8, 4) is 0 Å². The van der Waals surface area contributed by atoms with Crippen LogP contribution in [0.2, 0.25) is 5.02 Å². The molecular formula is C24H18ClF3N2O2S. The lowest BCUT2D eigenvalue weighted by Crippen LogP contribution is -2.27. The van der Waals surface area contributed by atoms with Crippen LogP contribution in [0.4, 0.5) is 18.9 Å². The first-order chi connectivity index (χ1) is 15.7. The predicted molar refractivity (Wildman–Crippen MR) is 123 cm³/mol. The van der Waals surface area contributed by atoms with Crippen molar-refractivity contribution < 1.29 is 22.8 Å². The van der Waals surface area contributed by atoms with E-state index >= 15 is 0 Å². The summed E-state index contributed by atoms with van der Waals surface area (Å²) in [5, 5.41) is 1.85. The van der Waals surface area contributed by atoms with Crippen molar-refractivity contribution in [2.24, 2.45) is 0 Å². The molecule has 2 amide bonds. The second-order valence-electron chi connectivity index (χ2n) is 7.44. The topological polar surface area (TPSA) is 49.4 Å². The third kappa shape index (κ3) is 5.34. The molecule has 4 nitrogen and oxygen atoms in total. The van der Waals surface area contributed by atoms with Gasteiger partial charge < -0.3 is 10.2 Å². The zero-order valence-corrected chi connectivity index (χ0v) is 18.7. The van der Waals surface area contributed by atoms with Crippen LogP contribution >= 0.6 is 23.4 Å². The van der Waals surface area contributed by atoms with Crippen molar-refractivity contribution in [1.82, 2.24) is 4.90 Å². The van der Waals surface area contributed by atoms with Gasteiger partial charge in [0.2, 0.25) is 5.91 Å². The molecule has 0 spiro atoms. The van der Waals surface area contributed by atoms with Gasteiger partial charge in [0.15, 0.2) is 0 Å². The van der Waals surface area contributed by atoms with E-state index in [2.05, 4.69) is 5.32 Å². The van der Waals surface area contributed by atoms with Gasteiger partial charge in [-0.25, -0.2) is 0 Å². The average Bonchev–Trinajstić information content (AvgIpc) is 3.15. The molecule has 0 radical (unpaired) electrons. The third-order valence-electron chi connectivity index (χ3n) is 5.15. The first kappa shape index (κ1) is 23.2. The maximum absolute atomic E-state index is 13.1. The summed E-state index contributed by atoms with van der Waals surface area (Å²) in [6, 6.07) is 19.6. The van der Waals surface area contributed by atoms with Crippen molar-refractivity contribution in [1.29, 1.82) is 0 Å². The molecule has 1 aliphatic heterocycles. The van der Waals surface area contributed by atoms with Crippen LogP contribution in [0.1, 0.15) is 32.4 Å². The summed E-state index contributed by atoms with van der Waals surface area (Å²) in [4.78, 5) is 26.8. The minimum absolute atomic E-state index is 0.00761. The van der Waals surface area contributed by atoms with Crippen molar-refractivity contribution in [2.45, 2.75) is 18.1 Å². The van der Waals surface area contributed by atoms with Gasteiger partial charge in [-0.05, 0) is 41.5 Å². The van der Waals surface area contributed by atoms with Crippen LogP contribution in [0, 0.1) is 0 Å². The van der Waals surface area contributed by atoms with Gasteiger partial charge in [-0.2, -0.15) is 13.2 Å². The molecule has 1 saturated heterocycles. The molecule has 1 atom stereocenters. The third-order valence-corrected chi connectivity index (χ3v) is 6.74. The molecule has 0 aromatic heterocycles. The predicted octanol–water partition coefficient (Wildman–Crippen LogP) is 6.39. The van der Waals surface area contributed by atoms with Crippen LogP contribution in [0.5, 0.6) is 0 Å². The maximum Gasteiger partial charge on any atom is 0.417 e. The summed E-state index contributed by atoms with van der Waals surface area (Å²) in [5.74, 6) is -0.134. The van der Waals surface area contributed by atoms with E-state index in [9.17, 15) is 22.8 Å². The number of nitrogens with zero attached hydrogens (tertiary/aromatic N) is 1. The first-order valence-corrected chi connectivity index (χ1v) is 11.4. The fourth-order valence-corrected chi connectivity index (χ4v) is 4.92. The minimum atomic E-state index is -4.62. The highest BCUT2D eigenvalue weighted by molar-refractivity contribution is 8.00. The van der Waals surface area contributed by atoms with Gasteiger partial charge in [0.1, 0.15) is 5.37 Å². The number of carbonyl (C=O) groups is 2. The van der Waals surface area contributed by atoms with E-state index in [0.29, 0.717) is 12.3 Å². The Morgan fingerprint density at radius 3 is 2.42 bits per heavy atom. The number of hydrogen-bond donors (Lipinski definition) is 1. The molecule has 33 heavy (non-hydrogen) atoms. The van der Waals surface area contributed by atoms with E-state index in [4.69, 9.17) is 11.6 Å². The monoisotopic (exact) mass is 490 g/mol.